The molecule has 156 valence electrons. The van der Waals surface area contributed by atoms with Crippen molar-refractivity contribution in [3.05, 3.63) is 71.8 Å². The smallest absolute Gasteiger partial charge is 0.238 e. The first-order valence-corrected chi connectivity index (χ1v) is 12.0. The van der Waals surface area contributed by atoms with Crippen molar-refractivity contribution in [2.75, 3.05) is 24.7 Å². The maximum absolute atomic E-state index is 12.9. The van der Waals surface area contributed by atoms with Crippen molar-refractivity contribution in [3.63, 3.8) is 0 Å². The first-order valence-electron chi connectivity index (χ1n) is 10.2. The van der Waals surface area contributed by atoms with E-state index in [1.165, 1.54) is 0 Å². The molecule has 0 saturated carbocycles. The van der Waals surface area contributed by atoms with Gasteiger partial charge in [-0.05, 0) is 36.8 Å². The predicted molar refractivity (Wildman–Crippen MR) is 114 cm³/mol. The number of aryl methyl sites for hydroxylation is 1. The highest BCUT2D eigenvalue weighted by Crippen LogP contribution is 2.16. The Morgan fingerprint density at radius 2 is 1.66 bits per heavy atom. The van der Waals surface area contributed by atoms with Crippen LogP contribution >= 0.6 is 0 Å². The summed E-state index contributed by atoms with van der Waals surface area (Å²) in [7, 11) is -3.45. The van der Waals surface area contributed by atoms with Gasteiger partial charge in [0.15, 0.2) is 9.84 Å². The lowest BCUT2D eigenvalue weighted by Crippen LogP contribution is -2.40. The van der Waals surface area contributed by atoms with E-state index in [-0.39, 0.29) is 17.8 Å². The van der Waals surface area contributed by atoms with Gasteiger partial charge in [-0.1, -0.05) is 60.7 Å². The molecule has 1 atom stereocenters. The average Bonchev–Trinajstić information content (AvgIpc) is 3.22. The molecule has 29 heavy (non-hydrogen) atoms. The van der Waals surface area contributed by atoms with Crippen molar-refractivity contribution in [2.45, 2.75) is 38.3 Å². The van der Waals surface area contributed by atoms with Crippen molar-refractivity contribution in [2.24, 2.45) is 0 Å². The first-order chi connectivity index (χ1) is 14.0. The highest BCUT2D eigenvalue weighted by atomic mass is 32.2. The van der Waals surface area contributed by atoms with Crippen LogP contribution in [0.3, 0.4) is 0 Å². The van der Waals surface area contributed by atoms with Gasteiger partial charge in [0.05, 0.1) is 11.9 Å². The molecule has 1 heterocycles. The Morgan fingerprint density at radius 1 is 1.00 bits per heavy atom. The minimum absolute atomic E-state index is 0.0107. The second-order valence-electron chi connectivity index (χ2n) is 7.58. The molecule has 0 N–H and O–H groups in total. The van der Waals surface area contributed by atoms with E-state index in [0.29, 0.717) is 32.5 Å². The van der Waals surface area contributed by atoms with Crippen LogP contribution in [0.15, 0.2) is 60.7 Å². The largest absolute Gasteiger partial charge is 0.376 e. The fourth-order valence-electron chi connectivity index (χ4n) is 3.58. The van der Waals surface area contributed by atoms with E-state index in [9.17, 15) is 13.2 Å². The summed E-state index contributed by atoms with van der Waals surface area (Å²) in [4.78, 5) is 14.5. The van der Waals surface area contributed by atoms with E-state index in [4.69, 9.17) is 4.74 Å². The number of ether oxygens (including phenoxy) is 1. The number of nitrogens with zero attached hydrogens (tertiary/aromatic N) is 1. The van der Waals surface area contributed by atoms with Gasteiger partial charge in [0, 0.05) is 19.7 Å². The summed E-state index contributed by atoms with van der Waals surface area (Å²) in [6.45, 7) is 1.54. The molecule has 5 nitrogen and oxygen atoms in total. The second-order valence-corrected chi connectivity index (χ2v) is 9.76. The Bertz CT molecular complexity index is 862. The molecule has 0 bridgehead atoms. The summed E-state index contributed by atoms with van der Waals surface area (Å²) in [5.74, 6) is -0.766. The minimum Gasteiger partial charge on any atom is -0.376 e. The molecule has 1 unspecified atom stereocenters. The molecule has 2 aromatic carbocycles. The SMILES string of the molecule is O=C(CS(=O)(=O)CCCc1ccccc1)N(Cc1ccccc1)CC1CCCO1. The molecule has 6 heteroatoms. The lowest BCUT2D eigenvalue weighted by atomic mass is 10.1. The Balaban J connectivity index is 1.58. The highest BCUT2D eigenvalue weighted by Gasteiger charge is 2.26. The van der Waals surface area contributed by atoms with Crippen LogP contribution in [-0.2, 0) is 32.3 Å². The van der Waals surface area contributed by atoms with Gasteiger partial charge in [-0.15, -0.1) is 0 Å². The molecule has 0 spiro atoms. The zero-order valence-electron chi connectivity index (χ0n) is 16.7. The van der Waals surface area contributed by atoms with Gasteiger partial charge in [-0.25, -0.2) is 8.42 Å². The standard InChI is InChI=1S/C23H29NO4S/c25-23(19-29(26,27)16-8-13-20-9-3-1-4-10-20)24(18-22-14-7-15-28-22)17-21-11-5-2-6-12-21/h1-6,9-12,22H,7-8,13-19H2. The van der Waals surface area contributed by atoms with Gasteiger partial charge in [0.25, 0.3) is 0 Å². The fraction of sp³-hybridized carbons (Fsp3) is 0.435. The summed E-state index contributed by atoms with van der Waals surface area (Å²) < 4.78 is 30.8. The van der Waals surface area contributed by atoms with E-state index < -0.39 is 15.6 Å². The normalized spacial score (nSPS) is 16.6. The Kier molecular flexibility index (Phi) is 7.83. The fourth-order valence-corrected chi connectivity index (χ4v) is 4.87. The maximum Gasteiger partial charge on any atom is 0.238 e. The van der Waals surface area contributed by atoms with E-state index in [0.717, 1.165) is 24.0 Å². The van der Waals surface area contributed by atoms with Gasteiger partial charge in [0.2, 0.25) is 5.91 Å². The van der Waals surface area contributed by atoms with Crippen LogP contribution in [-0.4, -0.2) is 50.0 Å². The third kappa shape index (κ3) is 7.29. The van der Waals surface area contributed by atoms with Gasteiger partial charge in [0.1, 0.15) is 5.75 Å². The van der Waals surface area contributed by atoms with Crippen molar-refractivity contribution in [3.8, 4) is 0 Å². The van der Waals surface area contributed by atoms with E-state index >= 15 is 0 Å². The Hall–Kier alpha value is -2.18. The third-order valence-corrected chi connectivity index (χ3v) is 6.72. The highest BCUT2D eigenvalue weighted by molar-refractivity contribution is 7.92. The van der Waals surface area contributed by atoms with Crippen LogP contribution in [0.4, 0.5) is 0 Å². The number of carbonyl (C=O) groups excluding carboxylic acids is 1. The van der Waals surface area contributed by atoms with Crippen molar-refractivity contribution < 1.29 is 17.9 Å². The molecule has 1 saturated heterocycles. The molecular formula is C23H29NO4S. The molecule has 1 aliphatic heterocycles. The zero-order chi connectivity index (χ0) is 20.5. The summed E-state index contributed by atoms with van der Waals surface area (Å²) in [6, 6.07) is 19.5. The van der Waals surface area contributed by atoms with E-state index in [1.54, 1.807) is 4.90 Å². The third-order valence-electron chi connectivity index (χ3n) is 5.12. The van der Waals surface area contributed by atoms with Crippen LogP contribution in [0.2, 0.25) is 0 Å². The quantitative estimate of drug-likeness (QED) is 0.598. The first kappa shape index (κ1) is 21.5. The van der Waals surface area contributed by atoms with Crippen molar-refractivity contribution >= 4 is 15.7 Å². The molecule has 0 aliphatic carbocycles. The molecule has 2 aromatic rings. The number of hydrogen-bond donors (Lipinski definition) is 0. The number of rotatable bonds is 10. The molecule has 3 rings (SSSR count). The molecular weight excluding hydrogens is 386 g/mol. The Morgan fingerprint density at radius 3 is 2.28 bits per heavy atom. The van der Waals surface area contributed by atoms with Crippen LogP contribution < -0.4 is 0 Å². The summed E-state index contributed by atoms with van der Waals surface area (Å²) in [5, 5.41) is 0. The van der Waals surface area contributed by atoms with Gasteiger partial charge in [-0.3, -0.25) is 4.79 Å². The molecule has 1 fully saturated rings. The molecule has 0 radical (unpaired) electrons. The molecule has 1 aliphatic rings. The monoisotopic (exact) mass is 415 g/mol. The number of sulfone groups is 1. The summed E-state index contributed by atoms with van der Waals surface area (Å²) in [5.41, 5.74) is 2.10. The van der Waals surface area contributed by atoms with Gasteiger partial charge in [-0.2, -0.15) is 0 Å². The van der Waals surface area contributed by atoms with E-state index in [1.807, 2.05) is 60.7 Å². The summed E-state index contributed by atoms with van der Waals surface area (Å²) >= 11 is 0. The average molecular weight is 416 g/mol. The van der Waals surface area contributed by atoms with Crippen LogP contribution in [0.25, 0.3) is 0 Å². The van der Waals surface area contributed by atoms with E-state index in [2.05, 4.69) is 0 Å². The zero-order valence-corrected chi connectivity index (χ0v) is 17.5. The van der Waals surface area contributed by atoms with Crippen molar-refractivity contribution in [1.82, 2.24) is 4.90 Å². The van der Waals surface area contributed by atoms with Crippen LogP contribution in [0, 0.1) is 0 Å². The molecule has 1 amide bonds. The number of benzene rings is 2. The minimum atomic E-state index is -3.45. The van der Waals surface area contributed by atoms with Crippen molar-refractivity contribution in [1.29, 1.82) is 0 Å². The van der Waals surface area contributed by atoms with Gasteiger partial charge >= 0.3 is 0 Å². The lowest BCUT2D eigenvalue weighted by Gasteiger charge is -2.25. The summed E-state index contributed by atoms with van der Waals surface area (Å²) in [6.07, 6.45) is 3.09. The number of amides is 1. The molecule has 0 aromatic heterocycles. The van der Waals surface area contributed by atoms with Crippen LogP contribution in [0.5, 0.6) is 0 Å². The lowest BCUT2D eigenvalue weighted by molar-refractivity contribution is -0.130. The number of carbonyl (C=O) groups is 1. The predicted octanol–water partition coefficient (Wildman–Crippen LogP) is 3.24. The Labute approximate surface area is 173 Å². The van der Waals surface area contributed by atoms with Crippen LogP contribution in [0.1, 0.15) is 30.4 Å². The topological polar surface area (TPSA) is 63.7 Å². The second kappa shape index (κ2) is 10.6. The number of hydrogen-bond acceptors (Lipinski definition) is 4. The maximum atomic E-state index is 12.9. The van der Waals surface area contributed by atoms with Gasteiger partial charge < -0.3 is 9.64 Å².